The molecule has 47 heavy (non-hydrogen) atoms. The fourth-order valence-electron chi connectivity index (χ4n) is 7.68. The number of rotatable bonds is 3. The fraction of sp³-hybridized carbons (Fsp3) is 0.0952. The van der Waals surface area contributed by atoms with Crippen LogP contribution in [0.4, 0.5) is 0 Å². The fourth-order valence-corrected chi connectivity index (χ4v) is 8.86. The highest BCUT2D eigenvalue weighted by Gasteiger charge is 2.50. The van der Waals surface area contributed by atoms with Gasteiger partial charge in [-0.2, -0.15) is 0 Å². The van der Waals surface area contributed by atoms with Crippen LogP contribution in [0.2, 0.25) is 0 Å². The molecule has 0 N–H and O–H groups in total. The van der Waals surface area contributed by atoms with Crippen LogP contribution in [0, 0.1) is 20.8 Å². The normalized spacial score (nSPS) is 15.6. The second kappa shape index (κ2) is 10.6. The average molecular weight is 623 g/mol. The predicted octanol–water partition coefficient (Wildman–Crippen LogP) is 10.0. The maximum atomic E-state index is 4.96. The second-order valence-electron chi connectivity index (χ2n) is 12.4. The molecule has 5 aromatic carbocycles. The van der Waals surface area contributed by atoms with E-state index >= 15 is 0 Å². The standard InChI is InChI=1S/C42H30N4S/c1-25-23-43-24-26(2)39(25)29-18-20-38-36(22-29)42(35-15-9-10-16-37(35)47-38)33-14-8-7-13-31(33)32-21-30(17-19-34(32)42)41-45-27(3)44-40(46-41)28-11-5-4-6-12-28/h4-24H,1-3H3. The van der Waals surface area contributed by atoms with Gasteiger partial charge < -0.3 is 0 Å². The van der Waals surface area contributed by atoms with Crippen LogP contribution < -0.4 is 0 Å². The third-order valence-electron chi connectivity index (χ3n) is 9.59. The summed E-state index contributed by atoms with van der Waals surface area (Å²) in [4.78, 5) is 21.5. The quantitative estimate of drug-likeness (QED) is 0.196. The van der Waals surface area contributed by atoms with E-state index in [0.717, 1.165) is 11.1 Å². The van der Waals surface area contributed by atoms with Crippen molar-refractivity contribution >= 4 is 11.8 Å². The van der Waals surface area contributed by atoms with Gasteiger partial charge in [0.05, 0.1) is 5.41 Å². The molecule has 2 aromatic heterocycles. The van der Waals surface area contributed by atoms with Gasteiger partial charge in [0, 0.05) is 33.3 Å². The van der Waals surface area contributed by atoms with E-state index in [1.54, 1.807) is 0 Å². The van der Waals surface area contributed by atoms with Crippen molar-refractivity contribution in [3.63, 3.8) is 0 Å². The van der Waals surface area contributed by atoms with Crippen molar-refractivity contribution in [2.45, 2.75) is 36.0 Å². The third kappa shape index (κ3) is 4.16. The average Bonchev–Trinajstić information content (AvgIpc) is 3.39. The van der Waals surface area contributed by atoms with Crippen molar-refractivity contribution in [2.75, 3.05) is 0 Å². The van der Waals surface area contributed by atoms with Gasteiger partial charge in [0.25, 0.3) is 0 Å². The zero-order valence-electron chi connectivity index (χ0n) is 26.3. The van der Waals surface area contributed by atoms with E-state index < -0.39 is 5.41 Å². The molecule has 0 radical (unpaired) electrons. The third-order valence-corrected chi connectivity index (χ3v) is 10.7. The lowest BCUT2D eigenvalue weighted by molar-refractivity contribution is 0.723. The van der Waals surface area contributed by atoms with E-state index in [0.29, 0.717) is 17.5 Å². The molecule has 1 spiro atoms. The monoisotopic (exact) mass is 622 g/mol. The van der Waals surface area contributed by atoms with E-state index in [1.165, 1.54) is 65.4 Å². The Hall–Kier alpha value is -5.39. The predicted molar refractivity (Wildman–Crippen MR) is 190 cm³/mol. The maximum absolute atomic E-state index is 4.96. The molecule has 1 aliphatic carbocycles. The number of aromatic nitrogens is 4. The number of benzene rings is 5. The van der Waals surface area contributed by atoms with Crippen LogP contribution in [0.15, 0.2) is 137 Å². The summed E-state index contributed by atoms with van der Waals surface area (Å²) in [6, 6.07) is 41.8. The van der Waals surface area contributed by atoms with E-state index in [2.05, 4.69) is 109 Å². The first-order chi connectivity index (χ1) is 23.0. The largest absolute Gasteiger partial charge is 0.264 e. The summed E-state index contributed by atoms with van der Waals surface area (Å²) in [5, 5.41) is 0. The van der Waals surface area contributed by atoms with Crippen molar-refractivity contribution in [1.29, 1.82) is 0 Å². The smallest absolute Gasteiger partial charge is 0.163 e. The molecule has 3 heterocycles. The molecule has 1 unspecified atom stereocenters. The summed E-state index contributed by atoms with van der Waals surface area (Å²) < 4.78 is 0. The van der Waals surface area contributed by atoms with Crippen molar-refractivity contribution in [2.24, 2.45) is 0 Å². The van der Waals surface area contributed by atoms with Crippen LogP contribution in [-0.4, -0.2) is 19.9 Å². The van der Waals surface area contributed by atoms with Gasteiger partial charge in [-0.05, 0) is 101 Å². The van der Waals surface area contributed by atoms with E-state index in [1.807, 2.05) is 61.4 Å². The Morgan fingerprint density at radius 2 is 1.13 bits per heavy atom. The minimum absolute atomic E-state index is 0.475. The molecule has 1 atom stereocenters. The van der Waals surface area contributed by atoms with E-state index in [9.17, 15) is 0 Å². The Labute approximate surface area is 278 Å². The molecular weight excluding hydrogens is 593 g/mol. The molecule has 0 saturated carbocycles. The zero-order valence-corrected chi connectivity index (χ0v) is 27.1. The lowest BCUT2D eigenvalue weighted by atomic mass is 9.67. The topological polar surface area (TPSA) is 51.6 Å². The summed E-state index contributed by atoms with van der Waals surface area (Å²) in [7, 11) is 0. The lowest BCUT2D eigenvalue weighted by Crippen LogP contribution is -2.32. The van der Waals surface area contributed by atoms with Gasteiger partial charge in [0.2, 0.25) is 0 Å². The molecule has 7 aromatic rings. The number of aryl methyl sites for hydroxylation is 3. The Kier molecular flexibility index (Phi) is 6.28. The molecule has 1 aliphatic heterocycles. The summed E-state index contributed by atoms with van der Waals surface area (Å²) in [5.74, 6) is 2.07. The number of hydrogen-bond acceptors (Lipinski definition) is 5. The molecule has 4 nitrogen and oxygen atoms in total. The van der Waals surface area contributed by atoms with E-state index in [-0.39, 0.29) is 0 Å². The van der Waals surface area contributed by atoms with Crippen LogP contribution in [0.25, 0.3) is 45.0 Å². The Balaban J connectivity index is 1.31. The molecule has 2 aliphatic rings. The SMILES string of the molecule is Cc1nc(-c2ccccc2)nc(-c2ccc3c(c2)-c2ccccc2C32c3ccccc3Sc3ccc(-c4c(C)cncc4C)cc32)n1. The summed E-state index contributed by atoms with van der Waals surface area (Å²) in [5.41, 5.74) is 14.0. The first kappa shape index (κ1) is 27.9. The Morgan fingerprint density at radius 3 is 1.94 bits per heavy atom. The van der Waals surface area contributed by atoms with Gasteiger partial charge in [0.1, 0.15) is 5.82 Å². The molecule has 9 rings (SSSR count). The summed E-state index contributed by atoms with van der Waals surface area (Å²) in [6.45, 7) is 6.25. The summed E-state index contributed by atoms with van der Waals surface area (Å²) >= 11 is 1.87. The first-order valence-electron chi connectivity index (χ1n) is 15.9. The number of pyridine rings is 1. The van der Waals surface area contributed by atoms with Gasteiger partial charge in [-0.1, -0.05) is 103 Å². The van der Waals surface area contributed by atoms with Gasteiger partial charge in [0.15, 0.2) is 11.6 Å². The molecule has 0 amide bonds. The van der Waals surface area contributed by atoms with Gasteiger partial charge >= 0.3 is 0 Å². The highest BCUT2D eigenvalue weighted by Crippen LogP contribution is 2.62. The van der Waals surface area contributed by atoms with Crippen LogP contribution in [0.1, 0.15) is 39.2 Å². The lowest BCUT2D eigenvalue weighted by Gasteiger charge is -2.40. The van der Waals surface area contributed by atoms with Gasteiger partial charge in [-0.15, -0.1) is 0 Å². The Morgan fingerprint density at radius 1 is 0.489 bits per heavy atom. The molecule has 0 fully saturated rings. The van der Waals surface area contributed by atoms with Crippen molar-refractivity contribution < 1.29 is 0 Å². The number of hydrogen-bond donors (Lipinski definition) is 0. The van der Waals surface area contributed by atoms with Crippen LogP contribution in [-0.2, 0) is 5.41 Å². The minimum Gasteiger partial charge on any atom is -0.264 e. The minimum atomic E-state index is -0.475. The number of nitrogens with zero attached hydrogens (tertiary/aromatic N) is 4. The van der Waals surface area contributed by atoms with E-state index in [4.69, 9.17) is 9.97 Å². The highest BCUT2D eigenvalue weighted by atomic mass is 32.2. The highest BCUT2D eigenvalue weighted by molar-refractivity contribution is 7.99. The van der Waals surface area contributed by atoms with Crippen molar-refractivity contribution in [3.05, 3.63) is 167 Å². The molecule has 0 saturated heterocycles. The molecule has 0 bridgehead atoms. The van der Waals surface area contributed by atoms with Gasteiger partial charge in [-0.3, -0.25) is 4.98 Å². The molecular formula is C42H30N4S. The van der Waals surface area contributed by atoms with Crippen molar-refractivity contribution in [3.8, 4) is 45.0 Å². The number of fused-ring (bicyclic) bond motifs is 9. The summed E-state index contributed by atoms with van der Waals surface area (Å²) in [6.07, 6.45) is 3.94. The molecule has 224 valence electrons. The Bertz CT molecular complexity index is 2360. The molecule has 5 heteroatoms. The second-order valence-corrected chi connectivity index (χ2v) is 13.5. The van der Waals surface area contributed by atoms with Gasteiger partial charge in [-0.25, -0.2) is 15.0 Å². The van der Waals surface area contributed by atoms with Crippen LogP contribution in [0.3, 0.4) is 0 Å². The first-order valence-corrected chi connectivity index (χ1v) is 16.7. The van der Waals surface area contributed by atoms with Crippen LogP contribution in [0.5, 0.6) is 0 Å². The van der Waals surface area contributed by atoms with Crippen molar-refractivity contribution in [1.82, 2.24) is 19.9 Å². The maximum Gasteiger partial charge on any atom is 0.163 e. The zero-order chi connectivity index (χ0) is 31.7. The van der Waals surface area contributed by atoms with Crippen LogP contribution >= 0.6 is 11.8 Å².